The Labute approximate surface area is 143 Å². The first-order valence-corrected chi connectivity index (χ1v) is 9.40. The standard InChI is InChI=1S/C18H23NO4S/c1-13(2)24(21,22)16-9-7-15(8-10-16)12-18(20)19(4)14(3)17-6-5-11-23-17/h5-11,13-14H,12H2,1-4H3. The van der Waals surface area contributed by atoms with Crippen LogP contribution in [0.1, 0.15) is 38.1 Å². The molecule has 0 saturated heterocycles. The maximum absolute atomic E-state index is 12.4. The monoisotopic (exact) mass is 349 g/mol. The Morgan fingerprint density at radius 2 is 1.75 bits per heavy atom. The zero-order valence-corrected chi connectivity index (χ0v) is 15.2. The van der Waals surface area contributed by atoms with Crippen LogP contribution in [0.3, 0.4) is 0 Å². The molecule has 2 aromatic rings. The molecule has 0 radical (unpaired) electrons. The largest absolute Gasteiger partial charge is 0.467 e. The molecule has 0 fully saturated rings. The summed E-state index contributed by atoms with van der Waals surface area (Å²) in [6.45, 7) is 5.20. The molecule has 5 nitrogen and oxygen atoms in total. The van der Waals surface area contributed by atoms with E-state index in [4.69, 9.17) is 4.42 Å². The SMILES string of the molecule is CC(c1ccco1)N(C)C(=O)Cc1ccc(S(=O)(=O)C(C)C)cc1. The predicted octanol–water partition coefficient (Wildman–Crippen LogP) is 3.22. The van der Waals surface area contributed by atoms with E-state index in [2.05, 4.69) is 0 Å². The van der Waals surface area contributed by atoms with E-state index in [1.165, 1.54) is 0 Å². The first-order chi connectivity index (χ1) is 11.2. The van der Waals surface area contributed by atoms with Gasteiger partial charge in [-0.2, -0.15) is 0 Å². The van der Waals surface area contributed by atoms with Crippen LogP contribution in [0, 0.1) is 0 Å². The van der Waals surface area contributed by atoms with Crippen LogP contribution < -0.4 is 0 Å². The fraction of sp³-hybridized carbons (Fsp3) is 0.389. The molecule has 1 amide bonds. The van der Waals surface area contributed by atoms with E-state index in [1.807, 2.05) is 13.0 Å². The first-order valence-electron chi connectivity index (χ1n) is 7.85. The van der Waals surface area contributed by atoms with Gasteiger partial charge in [-0.05, 0) is 50.6 Å². The highest BCUT2D eigenvalue weighted by molar-refractivity contribution is 7.92. The summed E-state index contributed by atoms with van der Waals surface area (Å²) in [4.78, 5) is 14.3. The number of sulfone groups is 1. The molecule has 0 spiro atoms. The lowest BCUT2D eigenvalue weighted by molar-refractivity contribution is -0.131. The van der Waals surface area contributed by atoms with Crippen molar-refractivity contribution in [2.24, 2.45) is 0 Å². The maximum Gasteiger partial charge on any atom is 0.227 e. The molecule has 0 aliphatic carbocycles. The summed E-state index contributed by atoms with van der Waals surface area (Å²) in [5, 5.41) is -0.467. The van der Waals surface area contributed by atoms with Crippen LogP contribution in [0.2, 0.25) is 0 Å². The van der Waals surface area contributed by atoms with Crippen LogP contribution in [-0.4, -0.2) is 31.5 Å². The Kier molecular flexibility index (Phi) is 5.49. The Bertz CT molecular complexity index is 777. The van der Waals surface area contributed by atoms with Crippen LogP contribution in [0.4, 0.5) is 0 Å². The van der Waals surface area contributed by atoms with Crippen LogP contribution in [-0.2, 0) is 21.1 Å². The molecule has 130 valence electrons. The van der Waals surface area contributed by atoms with Crippen LogP contribution >= 0.6 is 0 Å². The van der Waals surface area contributed by atoms with Crippen molar-refractivity contribution in [3.05, 3.63) is 54.0 Å². The number of nitrogens with zero attached hydrogens (tertiary/aromatic N) is 1. The second kappa shape index (κ2) is 7.21. The van der Waals surface area contributed by atoms with E-state index in [0.29, 0.717) is 0 Å². The summed E-state index contributed by atoms with van der Waals surface area (Å²) in [7, 11) is -1.56. The highest BCUT2D eigenvalue weighted by Gasteiger charge is 2.21. The lowest BCUT2D eigenvalue weighted by Crippen LogP contribution is -2.30. The molecule has 0 N–H and O–H groups in total. The second-order valence-electron chi connectivity index (χ2n) is 6.11. The number of hydrogen-bond donors (Lipinski definition) is 0. The quantitative estimate of drug-likeness (QED) is 0.803. The highest BCUT2D eigenvalue weighted by atomic mass is 32.2. The lowest BCUT2D eigenvalue weighted by Gasteiger charge is -2.23. The second-order valence-corrected chi connectivity index (χ2v) is 8.61. The van der Waals surface area contributed by atoms with Crippen molar-refractivity contribution in [1.82, 2.24) is 4.90 Å². The average molecular weight is 349 g/mol. The number of hydrogen-bond acceptors (Lipinski definition) is 4. The van der Waals surface area contributed by atoms with E-state index < -0.39 is 15.1 Å². The Balaban J connectivity index is 2.07. The summed E-state index contributed by atoms with van der Waals surface area (Å²) >= 11 is 0. The van der Waals surface area contributed by atoms with Crippen molar-refractivity contribution in [3.63, 3.8) is 0 Å². The van der Waals surface area contributed by atoms with E-state index in [0.717, 1.165) is 11.3 Å². The fourth-order valence-electron chi connectivity index (χ4n) is 2.30. The summed E-state index contributed by atoms with van der Waals surface area (Å²) in [5.41, 5.74) is 0.779. The molecule has 1 unspecified atom stereocenters. The highest BCUT2D eigenvalue weighted by Crippen LogP contribution is 2.21. The molecule has 0 aliphatic rings. The fourth-order valence-corrected chi connectivity index (χ4v) is 3.36. The van der Waals surface area contributed by atoms with E-state index in [1.54, 1.807) is 62.4 Å². The average Bonchev–Trinajstić information content (AvgIpc) is 3.08. The van der Waals surface area contributed by atoms with Gasteiger partial charge in [0.2, 0.25) is 5.91 Å². The molecule has 0 bridgehead atoms. The first kappa shape index (κ1) is 18.3. The third kappa shape index (κ3) is 3.87. The number of amides is 1. The van der Waals surface area contributed by atoms with Gasteiger partial charge in [0, 0.05) is 7.05 Å². The van der Waals surface area contributed by atoms with Gasteiger partial charge in [-0.1, -0.05) is 12.1 Å². The van der Waals surface area contributed by atoms with E-state index in [9.17, 15) is 13.2 Å². The number of carbonyl (C=O) groups is 1. The Morgan fingerprint density at radius 1 is 1.12 bits per heavy atom. The van der Waals surface area contributed by atoms with Gasteiger partial charge in [0.1, 0.15) is 5.76 Å². The Hall–Kier alpha value is -2.08. The molecule has 2 rings (SSSR count). The maximum atomic E-state index is 12.4. The number of rotatable bonds is 6. The normalized spacial score (nSPS) is 13.0. The minimum absolute atomic E-state index is 0.0571. The number of furan rings is 1. The topological polar surface area (TPSA) is 67.6 Å². The molecule has 0 aliphatic heterocycles. The molecule has 6 heteroatoms. The summed E-state index contributed by atoms with van der Waals surface area (Å²) < 4.78 is 29.5. The number of benzene rings is 1. The molecular weight excluding hydrogens is 326 g/mol. The van der Waals surface area contributed by atoms with Gasteiger partial charge >= 0.3 is 0 Å². The molecule has 1 atom stereocenters. The molecule has 1 heterocycles. The van der Waals surface area contributed by atoms with Crippen molar-refractivity contribution >= 4 is 15.7 Å². The zero-order chi connectivity index (χ0) is 17.9. The predicted molar refractivity (Wildman–Crippen MR) is 92.4 cm³/mol. The summed E-state index contributed by atoms with van der Waals surface area (Å²) in [6.07, 6.45) is 1.79. The van der Waals surface area contributed by atoms with Gasteiger partial charge in [0.15, 0.2) is 9.84 Å². The minimum atomic E-state index is -3.29. The van der Waals surface area contributed by atoms with Gasteiger partial charge in [-0.3, -0.25) is 4.79 Å². The van der Waals surface area contributed by atoms with Crippen molar-refractivity contribution < 1.29 is 17.6 Å². The molecule has 1 aromatic carbocycles. The number of carbonyl (C=O) groups excluding carboxylic acids is 1. The van der Waals surface area contributed by atoms with Crippen LogP contribution in [0.25, 0.3) is 0 Å². The third-order valence-corrected chi connectivity index (χ3v) is 6.33. The van der Waals surface area contributed by atoms with Gasteiger partial charge in [0.05, 0.1) is 28.9 Å². The van der Waals surface area contributed by atoms with E-state index >= 15 is 0 Å². The Morgan fingerprint density at radius 3 is 2.25 bits per heavy atom. The summed E-state index contributed by atoms with van der Waals surface area (Å²) in [5.74, 6) is 0.669. The minimum Gasteiger partial charge on any atom is -0.467 e. The molecular formula is C18H23NO4S. The van der Waals surface area contributed by atoms with Crippen molar-refractivity contribution in [1.29, 1.82) is 0 Å². The third-order valence-electron chi connectivity index (χ3n) is 4.16. The van der Waals surface area contributed by atoms with Gasteiger partial charge in [0.25, 0.3) is 0 Å². The summed E-state index contributed by atoms with van der Waals surface area (Å²) in [6, 6.07) is 9.98. The van der Waals surface area contributed by atoms with Gasteiger partial charge in [-0.15, -0.1) is 0 Å². The van der Waals surface area contributed by atoms with E-state index in [-0.39, 0.29) is 23.3 Å². The number of likely N-dealkylation sites (N-methyl/N-ethyl adjacent to an activating group) is 1. The van der Waals surface area contributed by atoms with Crippen molar-refractivity contribution in [2.45, 2.75) is 43.4 Å². The molecule has 24 heavy (non-hydrogen) atoms. The van der Waals surface area contributed by atoms with Crippen LogP contribution in [0.15, 0.2) is 52.0 Å². The van der Waals surface area contributed by atoms with Crippen molar-refractivity contribution in [3.8, 4) is 0 Å². The van der Waals surface area contributed by atoms with Gasteiger partial charge < -0.3 is 9.32 Å². The smallest absolute Gasteiger partial charge is 0.227 e. The molecule has 1 aromatic heterocycles. The zero-order valence-electron chi connectivity index (χ0n) is 14.4. The van der Waals surface area contributed by atoms with Gasteiger partial charge in [-0.25, -0.2) is 8.42 Å². The van der Waals surface area contributed by atoms with Crippen molar-refractivity contribution in [2.75, 3.05) is 7.05 Å². The molecule has 0 saturated carbocycles. The lowest BCUT2D eigenvalue weighted by atomic mass is 10.1. The van der Waals surface area contributed by atoms with Crippen LogP contribution in [0.5, 0.6) is 0 Å².